The number of halogens is 3. The Morgan fingerprint density at radius 1 is 1.11 bits per heavy atom. The van der Waals surface area contributed by atoms with Crippen LogP contribution in [0.4, 0.5) is 13.2 Å². The van der Waals surface area contributed by atoms with Gasteiger partial charge in [0.25, 0.3) is 0 Å². The van der Waals surface area contributed by atoms with Gasteiger partial charge in [0, 0.05) is 11.3 Å². The molecule has 2 heterocycles. The first-order valence-corrected chi connectivity index (χ1v) is 7.72. The van der Waals surface area contributed by atoms with E-state index >= 15 is 0 Å². The zero-order valence-corrected chi connectivity index (χ0v) is 13.7. The van der Waals surface area contributed by atoms with Crippen molar-refractivity contribution in [3.05, 3.63) is 64.7 Å². The molecule has 0 amide bonds. The summed E-state index contributed by atoms with van der Waals surface area (Å²) in [4.78, 5) is 0. The third kappa shape index (κ3) is 3.54. The third-order valence-corrected chi connectivity index (χ3v) is 4.03. The first kappa shape index (κ1) is 18.2. The first-order valence-electron chi connectivity index (χ1n) is 7.72. The van der Waals surface area contributed by atoms with E-state index in [1.54, 1.807) is 30.3 Å². The van der Waals surface area contributed by atoms with Crippen molar-refractivity contribution < 1.29 is 18.3 Å². The highest BCUT2D eigenvalue weighted by Gasteiger charge is 2.34. The van der Waals surface area contributed by atoms with E-state index in [1.165, 1.54) is 4.57 Å². The van der Waals surface area contributed by atoms with Crippen LogP contribution in [0.5, 0.6) is 0 Å². The molecule has 2 aromatic heterocycles. The van der Waals surface area contributed by atoms with Gasteiger partial charge in [-0.1, -0.05) is 12.1 Å². The maximum absolute atomic E-state index is 12.7. The SMILES string of the molecule is N#Cc1ccc(-c2cc(CO)n(Cc3cc(C(F)(F)F)n[nH]3)c2C#N)cc1. The molecule has 0 unspecified atom stereocenters. The van der Waals surface area contributed by atoms with Gasteiger partial charge in [-0.3, -0.25) is 5.10 Å². The Morgan fingerprint density at radius 2 is 1.81 bits per heavy atom. The maximum atomic E-state index is 12.7. The lowest BCUT2D eigenvalue weighted by Crippen LogP contribution is -2.07. The summed E-state index contributed by atoms with van der Waals surface area (Å²) in [6.07, 6.45) is -4.57. The smallest absolute Gasteiger partial charge is 0.390 e. The number of H-pyrrole nitrogens is 1. The number of aliphatic hydroxyl groups excluding tert-OH is 1. The van der Waals surface area contributed by atoms with Crippen molar-refractivity contribution in [3.63, 3.8) is 0 Å². The van der Waals surface area contributed by atoms with Crippen molar-refractivity contribution in [2.45, 2.75) is 19.3 Å². The lowest BCUT2D eigenvalue weighted by Gasteiger charge is -2.08. The minimum absolute atomic E-state index is 0.0852. The number of aromatic nitrogens is 3. The largest absolute Gasteiger partial charge is 0.435 e. The molecule has 6 nitrogen and oxygen atoms in total. The van der Waals surface area contributed by atoms with E-state index in [2.05, 4.69) is 10.2 Å². The second kappa shape index (κ2) is 6.98. The van der Waals surface area contributed by atoms with Gasteiger partial charge in [0.2, 0.25) is 0 Å². The summed E-state index contributed by atoms with van der Waals surface area (Å²) in [5.74, 6) is 0. The molecule has 0 spiro atoms. The fourth-order valence-corrected chi connectivity index (χ4v) is 2.74. The summed E-state index contributed by atoms with van der Waals surface area (Å²) in [5.41, 5.74) is 1.27. The van der Waals surface area contributed by atoms with Crippen LogP contribution in [0.15, 0.2) is 36.4 Å². The van der Waals surface area contributed by atoms with Crippen LogP contribution in [0.3, 0.4) is 0 Å². The standard InChI is InChI=1S/C18H12F3N5O/c19-18(20,21)17-5-13(24-25-17)9-26-14(10-27)6-15(16(26)8-23)12-3-1-11(7-22)2-4-12/h1-6,27H,9-10H2,(H,24,25). The number of nitrogens with one attached hydrogen (secondary N) is 1. The van der Waals surface area contributed by atoms with E-state index in [0.717, 1.165) is 6.07 Å². The maximum Gasteiger partial charge on any atom is 0.435 e. The average molecular weight is 371 g/mol. The monoisotopic (exact) mass is 371 g/mol. The van der Waals surface area contributed by atoms with Crippen molar-refractivity contribution in [2.75, 3.05) is 0 Å². The molecule has 9 heteroatoms. The van der Waals surface area contributed by atoms with E-state index < -0.39 is 18.5 Å². The van der Waals surface area contributed by atoms with Crippen molar-refractivity contribution >= 4 is 0 Å². The predicted octanol–water partition coefficient (Wildman–Crippen LogP) is 3.18. The Morgan fingerprint density at radius 3 is 2.33 bits per heavy atom. The molecule has 0 radical (unpaired) electrons. The van der Waals surface area contributed by atoms with Gasteiger partial charge < -0.3 is 9.67 Å². The number of aliphatic hydroxyl groups is 1. The Labute approximate surface area is 151 Å². The molecule has 3 aromatic rings. The minimum atomic E-state index is -4.57. The van der Waals surface area contributed by atoms with Crippen molar-refractivity contribution in [3.8, 4) is 23.3 Å². The zero-order chi connectivity index (χ0) is 19.6. The molecule has 3 rings (SSSR count). The van der Waals surface area contributed by atoms with Crippen LogP contribution in [-0.2, 0) is 19.3 Å². The normalized spacial score (nSPS) is 11.2. The van der Waals surface area contributed by atoms with E-state index in [0.29, 0.717) is 22.4 Å². The Bertz CT molecular complexity index is 1050. The zero-order valence-electron chi connectivity index (χ0n) is 13.7. The summed E-state index contributed by atoms with van der Waals surface area (Å²) in [7, 11) is 0. The molecule has 0 aliphatic carbocycles. The number of benzene rings is 1. The Hall–Kier alpha value is -3.56. The molecule has 27 heavy (non-hydrogen) atoms. The van der Waals surface area contributed by atoms with E-state index in [-0.39, 0.29) is 17.9 Å². The third-order valence-electron chi connectivity index (χ3n) is 4.03. The second-order valence-electron chi connectivity index (χ2n) is 5.72. The molecule has 0 fully saturated rings. The summed E-state index contributed by atoms with van der Waals surface area (Å²) >= 11 is 0. The number of nitriles is 2. The molecule has 0 saturated carbocycles. The van der Waals surface area contributed by atoms with Crippen LogP contribution in [0.25, 0.3) is 11.1 Å². The number of rotatable bonds is 4. The van der Waals surface area contributed by atoms with Crippen LogP contribution < -0.4 is 0 Å². The summed E-state index contributed by atoms with van der Waals surface area (Å²) in [6, 6.07) is 13.0. The van der Waals surface area contributed by atoms with Gasteiger partial charge in [0.05, 0.1) is 30.5 Å². The van der Waals surface area contributed by atoms with Crippen LogP contribution in [-0.4, -0.2) is 19.9 Å². The molecule has 1 aromatic carbocycles. The Kier molecular flexibility index (Phi) is 4.72. The van der Waals surface area contributed by atoms with Gasteiger partial charge >= 0.3 is 6.18 Å². The number of alkyl halides is 3. The highest BCUT2D eigenvalue weighted by molar-refractivity contribution is 5.71. The summed E-state index contributed by atoms with van der Waals surface area (Å²) < 4.78 is 39.6. The number of hydrogen-bond acceptors (Lipinski definition) is 4. The number of hydrogen-bond donors (Lipinski definition) is 2. The van der Waals surface area contributed by atoms with Crippen LogP contribution in [0, 0.1) is 22.7 Å². The summed E-state index contributed by atoms with van der Waals surface area (Å²) in [6.45, 7) is -0.483. The van der Waals surface area contributed by atoms with Crippen molar-refractivity contribution in [1.29, 1.82) is 10.5 Å². The fourth-order valence-electron chi connectivity index (χ4n) is 2.74. The van der Waals surface area contributed by atoms with Gasteiger partial charge in [-0.2, -0.15) is 28.8 Å². The van der Waals surface area contributed by atoms with Crippen molar-refractivity contribution in [2.24, 2.45) is 0 Å². The Balaban J connectivity index is 2.02. The molecule has 0 saturated heterocycles. The first-order chi connectivity index (χ1) is 12.9. The molecule has 0 atom stereocenters. The molecule has 0 bridgehead atoms. The van der Waals surface area contributed by atoms with Crippen LogP contribution >= 0.6 is 0 Å². The minimum Gasteiger partial charge on any atom is -0.390 e. The van der Waals surface area contributed by atoms with Gasteiger partial charge in [-0.15, -0.1) is 0 Å². The number of nitrogens with zero attached hydrogens (tertiary/aromatic N) is 4. The van der Waals surface area contributed by atoms with Crippen molar-refractivity contribution in [1.82, 2.24) is 14.8 Å². The molecular weight excluding hydrogens is 359 g/mol. The molecule has 2 N–H and O–H groups in total. The van der Waals surface area contributed by atoms with Gasteiger partial charge in [-0.25, -0.2) is 0 Å². The van der Waals surface area contributed by atoms with Gasteiger partial charge in [0.1, 0.15) is 11.8 Å². The molecule has 0 aliphatic rings. The quantitative estimate of drug-likeness (QED) is 0.735. The van der Waals surface area contributed by atoms with Crippen LogP contribution in [0.2, 0.25) is 0 Å². The highest BCUT2D eigenvalue weighted by Crippen LogP contribution is 2.30. The summed E-state index contributed by atoms with van der Waals surface area (Å²) in [5, 5.41) is 33.6. The number of aromatic amines is 1. The van der Waals surface area contributed by atoms with E-state index in [4.69, 9.17) is 5.26 Å². The molecule has 136 valence electrons. The predicted molar refractivity (Wildman–Crippen MR) is 87.9 cm³/mol. The second-order valence-corrected chi connectivity index (χ2v) is 5.72. The fraction of sp³-hybridized carbons (Fsp3) is 0.167. The molecule has 0 aliphatic heterocycles. The lowest BCUT2D eigenvalue weighted by atomic mass is 10.0. The van der Waals surface area contributed by atoms with Crippen LogP contribution in [0.1, 0.15) is 28.3 Å². The average Bonchev–Trinajstić information content (AvgIpc) is 3.26. The molecular formula is C18H12F3N5O. The lowest BCUT2D eigenvalue weighted by molar-refractivity contribution is -0.141. The van der Waals surface area contributed by atoms with E-state index in [9.17, 15) is 23.5 Å². The van der Waals surface area contributed by atoms with Gasteiger partial charge in [0.15, 0.2) is 5.69 Å². The topological polar surface area (TPSA) is 101 Å². The highest BCUT2D eigenvalue weighted by atomic mass is 19.4. The van der Waals surface area contributed by atoms with E-state index in [1.807, 2.05) is 12.1 Å². The van der Waals surface area contributed by atoms with Gasteiger partial charge in [-0.05, 0) is 29.8 Å².